The number of rotatable bonds is 9. The first-order valence-electron chi connectivity index (χ1n) is 6.19. The second kappa shape index (κ2) is 9.57. The number of hydrogen-bond acceptors (Lipinski definition) is 4. The van der Waals surface area contributed by atoms with E-state index in [2.05, 4.69) is 0 Å². The summed E-state index contributed by atoms with van der Waals surface area (Å²) in [6, 6.07) is -0.498. The molecule has 0 atom stereocenters. The van der Waals surface area contributed by atoms with E-state index in [0.717, 1.165) is 0 Å². The Morgan fingerprint density at radius 2 is 1.58 bits per heavy atom. The maximum atomic E-state index is 12.3. The maximum Gasteiger partial charge on any atom is 0.323 e. The van der Waals surface area contributed by atoms with Crippen molar-refractivity contribution in [1.29, 1.82) is 0 Å². The minimum absolute atomic E-state index is 0.184. The molecule has 0 fully saturated rings. The molecule has 7 heteroatoms. The van der Waals surface area contributed by atoms with Crippen LogP contribution in [0.2, 0.25) is 0 Å². The number of carbonyl (C=O) groups excluding carboxylic acids is 1. The molecule has 1 N–H and O–H groups in total. The molecule has 0 rings (SSSR count). The Labute approximate surface area is 114 Å². The van der Waals surface area contributed by atoms with Crippen molar-refractivity contribution in [3.8, 4) is 0 Å². The molecular formula is C12H24N2O5. The average Bonchev–Trinajstić information content (AvgIpc) is 2.35. The lowest BCUT2D eigenvalue weighted by molar-refractivity contribution is -0.138. The molecule has 0 heterocycles. The third-order valence-corrected chi connectivity index (χ3v) is 2.58. The van der Waals surface area contributed by atoms with Gasteiger partial charge < -0.3 is 24.4 Å². The molecule has 0 saturated carbocycles. The SMILES string of the molecule is COCCN(CCOC)C(=O)N(CC(=O)O)C(C)C. The molecule has 7 nitrogen and oxygen atoms in total. The molecular weight excluding hydrogens is 252 g/mol. The fourth-order valence-electron chi connectivity index (χ4n) is 1.50. The fraction of sp³-hybridized carbons (Fsp3) is 0.833. The summed E-state index contributed by atoms with van der Waals surface area (Å²) >= 11 is 0. The molecule has 0 aliphatic carbocycles. The molecule has 0 aromatic carbocycles. The molecule has 0 aliphatic heterocycles. The van der Waals surface area contributed by atoms with E-state index in [0.29, 0.717) is 26.3 Å². The van der Waals surface area contributed by atoms with Crippen molar-refractivity contribution < 1.29 is 24.2 Å². The third-order valence-electron chi connectivity index (χ3n) is 2.58. The van der Waals surface area contributed by atoms with Gasteiger partial charge in [0.25, 0.3) is 0 Å². The van der Waals surface area contributed by atoms with Crippen molar-refractivity contribution in [2.24, 2.45) is 0 Å². The van der Waals surface area contributed by atoms with Crippen LogP contribution in [-0.4, -0.2) is 80.0 Å². The van der Waals surface area contributed by atoms with Crippen LogP contribution in [0.4, 0.5) is 4.79 Å². The monoisotopic (exact) mass is 276 g/mol. The first-order chi connectivity index (χ1) is 8.93. The zero-order valence-corrected chi connectivity index (χ0v) is 12.1. The molecule has 0 bridgehead atoms. The van der Waals surface area contributed by atoms with Crippen LogP contribution in [0.1, 0.15) is 13.8 Å². The normalized spacial score (nSPS) is 10.6. The Morgan fingerprint density at radius 1 is 1.11 bits per heavy atom. The van der Waals surface area contributed by atoms with E-state index < -0.39 is 5.97 Å². The van der Waals surface area contributed by atoms with E-state index >= 15 is 0 Å². The van der Waals surface area contributed by atoms with E-state index in [4.69, 9.17) is 14.6 Å². The first-order valence-corrected chi connectivity index (χ1v) is 6.19. The Bertz CT molecular complexity index is 275. The van der Waals surface area contributed by atoms with Crippen LogP contribution in [0.3, 0.4) is 0 Å². The highest BCUT2D eigenvalue weighted by Gasteiger charge is 2.24. The number of hydrogen-bond donors (Lipinski definition) is 1. The number of carboxylic acids is 1. The van der Waals surface area contributed by atoms with Gasteiger partial charge in [-0.1, -0.05) is 0 Å². The molecule has 2 amide bonds. The molecule has 0 spiro atoms. The van der Waals surface area contributed by atoms with Crippen LogP contribution in [0.25, 0.3) is 0 Å². The lowest BCUT2D eigenvalue weighted by atomic mass is 10.3. The highest BCUT2D eigenvalue weighted by atomic mass is 16.5. The highest BCUT2D eigenvalue weighted by molar-refractivity contribution is 5.80. The summed E-state index contributed by atoms with van der Waals surface area (Å²) in [4.78, 5) is 26.0. The molecule has 112 valence electrons. The van der Waals surface area contributed by atoms with Crippen LogP contribution in [0.15, 0.2) is 0 Å². The van der Waals surface area contributed by atoms with Gasteiger partial charge in [-0.25, -0.2) is 4.79 Å². The largest absolute Gasteiger partial charge is 0.480 e. The van der Waals surface area contributed by atoms with Gasteiger partial charge in [-0.15, -0.1) is 0 Å². The molecule has 0 aromatic heterocycles. The van der Waals surface area contributed by atoms with Crippen molar-refractivity contribution in [3.63, 3.8) is 0 Å². The summed E-state index contributed by atoms with van der Waals surface area (Å²) in [5.74, 6) is -1.03. The topological polar surface area (TPSA) is 79.3 Å². The molecule has 0 unspecified atom stereocenters. The number of aliphatic carboxylic acids is 1. The summed E-state index contributed by atoms with van der Waals surface area (Å²) in [6.07, 6.45) is 0. The van der Waals surface area contributed by atoms with Gasteiger partial charge in [0.1, 0.15) is 6.54 Å². The van der Waals surface area contributed by atoms with Crippen LogP contribution in [0, 0.1) is 0 Å². The predicted octanol–water partition coefficient (Wildman–Crippen LogP) is 0.496. The zero-order chi connectivity index (χ0) is 14.8. The zero-order valence-electron chi connectivity index (χ0n) is 12.1. The van der Waals surface area contributed by atoms with Gasteiger partial charge in [0.15, 0.2) is 0 Å². The minimum Gasteiger partial charge on any atom is -0.480 e. The van der Waals surface area contributed by atoms with Gasteiger partial charge in [-0.05, 0) is 13.8 Å². The van der Waals surface area contributed by atoms with Crippen LogP contribution < -0.4 is 0 Å². The molecule has 0 radical (unpaired) electrons. The number of ether oxygens (including phenoxy) is 2. The van der Waals surface area contributed by atoms with Crippen molar-refractivity contribution in [2.45, 2.75) is 19.9 Å². The Morgan fingerprint density at radius 3 is 1.89 bits per heavy atom. The lowest BCUT2D eigenvalue weighted by Gasteiger charge is -2.32. The van der Waals surface area contributed by atoms with E-state index in [-0.39, 0.29) is 18.6 Å². The van der Waals surface area contributed by atoms with Gasteiger partial charge in [0.2, 0.25) is 0 Å². The van der Waals surface area contributed by atoms with Gasteiger partial charge in [0, 0.05) is 33.4 Å². The van der Waals surface area contributed by atoms with E-state index in [1.54, 1.807) is 28.1 Å². The summed E-state index contributed by atoms with van der Waals surface area (Å²) in [5, 5.41) is 8.85. The lowest BCUT2D eigenvalue weighted by Crippen LogP contribution is -2.50. The molecule has 0 aliphatic rings. The second-order valence-electron chi connectivity index (χ2n) is 4.37. The average molecular weight is 276 g/mol. The van der Waals surface area contributed by atoms with Crippen LogP contribution in [-0.2, 0) is 14.3 Å². The number of urea groups is 1. The molecule has 0 saturated heterocycles. The number of carbonyl (C=O) groups is 2. The van der Waals surface area contributed by atoms with Gasteiger partial charge >= 0.3 is 12.0 Å². The number of methoxy groups -OCH3 is 2. The second-order valence-corrected chi connectivity index (χ2v) is 4.37. The van der Waals surface area contributed by atoms with E-state index in [1.807, 2.05) is 0 Å². The Kier molecular flexibility index (Phi) is 8.90. The molecule has 19 heavy (non-hydrogen) atoms. The summed E-state index contributed by atoms with van der Waals surface area (Å²) in [7, 11) is 3.10. The highest BCUT2D eigenvalue weighted by Crippen LogP contribution is 2.05. The summed E-state index contributed by atoms with van der Waals surface area (Å²) in [6.45, 7) is 4.86. The number of nitrogens with zero attached hydrogens (tertiary/aromatic N) is 2. The maximum absolute atomic E-state index is 12.3. The van der Waals surface area contributed by atoms with Gasteiger partial charge in [-0.2, -0.15) is 0 Å². The standard InChI is InChI=1S/C12H24N2O5/c1-10(2)14(9-11(15)16)12(17)13(5-7-18-3)6-8-19-4/h10H,5-9H2,1-4H3,(H,15,16). The minimum atomic E-state index is -1.03. The number of amides is 2. The summed E-state index contributed by atoms with van der Waals surface area (Å²) < 4.78 is 9.91. The van der Waals surface area contributed by atoms with Crippen molar-refractivity contribution in [3.05, 3.63) is 0 Å². The van der Waals surface area contributed by atoms with Gasteiger partial charge in [-0.3, -0.25) is 4.79 Å². The van der Waals surface area contributed by atoms with Crippen molar-refractivity contribution in [1.82, 2.24) is 9.80 Å². The fourth-order valence-corrected chi connectivity index (χ4v) is 1.50. The third kappa shape index (κ3) is 6.97. The van der Waals surface area contributed by atoms with E-state index in [1.165, 1.54) is 9.80 Å². The Balaban J connectivity index is 4.73. The van der Waals surface area contributed by atoms with Crippen molar-refractivity contribution in [2.75, 3.05) is 47.1 Å². The molecule has 0 aromatic rings. The predicted molar refractivity (Wildman–Crippen MR) is 70.2 cm³/mol. The van der Waals surface area contributed by atoms with Crippen molar-refractivity contribution >= 4 is 12.0 Å². The van der Waals surface area contributed by atoms with Crippen LogP contribution in [0.5, 0.6) is 0 Å². The van der Waals surface area contributed by atoms with Gasteiger partial charge in [0.05, 0.1) is 13.2 Å². The smallest absolute Gasteiger partial charge is 0.323 e. The summed E-state index contributed by atoms with van der Waals surface area (Å²) in [5.41, 5.74) is 0. The van der Waals surface area contributed by atoms with Crippen LogP contribution >= 0.6 is 0 Å². The quantitative estimate of drug-likeness (QED) is 0.663. The first kappa shape index (κ1) is 17.7. The number of carboxylic acid groups (broad SMARTS) is 1. The van der Waals surface area contributed by atoms with E-state index in [9.17, 15) is 9.59 Å². The Hall–Kier alpha value is -1.34.